The van der Waals surface area contributed by atoms with Gasteiger partial charge in [0.25, 0.3) is 5.91 Å². The van der Waals surface area contributed by atoms with Gasteiger partial charge in [-0.2, -0.15) is 5.10 Å². The van der Waals surface area contributed by atoms with E-state index in [2.05, 4.69) is 32.4 Å². The van der Waals surface area contributed by atoms with Gasteiger partial charge in [0, 0.05) is 17.5 Å². The van der Waals surface area contributed by atoms with Crippen LogP contribution in [0.5, 0.6) is 0 Å². The largest absolute Gasteiger partial charge is 0.346 e. The topological polar surface area (TPSA) is 115 Å². The molecule has 1 N–H and O–H groups in total. The Balaban J connectivity index is 1.55. The summed E-state index contributed by atoms with van der Waals surface area (Å²) in [5.41, 5.74) is 5.17. The molecule has 0 unspecified atom stereocenters. The molecule has 0 aliphatic carbocycles. The van der Waals surface area contributed by atoms with Crippen LogP contribution >= 0.6 is 0 Å². The van der Waals surface area contributed by atoms with E-state index in [0.717, 1.165) is 29.8 Å². The summed E-state index contributed by atoms with van der Waals surface area (Å²) in [6, 6.07) is 15.9. The zero-order valence-electron chi connectivity index (χ0n) is 18.5. The van der Waals surface area contributed by atoms with Crippen molar-refractivity contribution in [2.24, 2.45) is 0 Å². The summed E-state index contributed by atoms with van der Waals surface area (Å²) in [6.45, 7) is 3.87. The van der Waals surface area contributed by atoms with Crippen LogP contribution < -0.4 is 5.32 Å². The van der Waals surface area contributed by atoms with Crippen molar-refractivity contribution in [2.75, 3.05) is 6.26 Å². The van der Waals surface area contributed by atoms with Crippen molar-refractivity contribution in [2.45, 2.75) is 31.7 Å². The average Bonchev–Trinajstić information content (AvgIpc) is 2.81. The predicted octanol–water partition coefficient (Wildman–Crippen LogP) is 3.29. The number of fused-ring (bicyclic) bond motifs is 1. The van der Waals surface area contributed by atoms with Crippen LogP contribution in [0, 0.1) is 6.92 Å². The average molecular weight is 462 g/mol. The first kappa shape index (κ1) is 22.5. The van der Waals surface area contributed by atoms with Gasteiger partial charge in [-0.25, -0.2) is 13.4 Å². The van der Waals surface area contributed by atoms with E-state index in [-0.39, 0.29) is 17.0 Å². The molecule has 0 saturated carbocycles. The van der Waals surface area contributed by atoms with Crippen LogP contribution in [-0.4, -0.2) is 40.7 Å². The van der Waals surface area contributed by atoms with E-state index >= 15 is 0 Å². The molecule has 3 aromatic heterocycles. The number of aromatic nitrogens is 4. The summed E-state index contributed by atoms with van der Waals surface area (Å²) in [5, 5.41) is 11.1. The van der Waals surface area contributed by atoms with E-state index in [1.165, 1.54) is 6.07 Å². The number of sulfone groups is 1. The Morgan fingerprint density at radius 3 is 2.45 bits per heavy atom. The summed E-state index contributed by atoms with van der Waals surface area (Å²) >= 11 is 0. The molecule has 0 aliphatic heterocycles. The zero-order valence-corrected chi connectivity index (χ0v) is 19.3. The monoisotopic (exact) mass is 461 g/mol. The number of amides is 1. The molecular weight excluding hydrogens is 438 g/mol. The Labute approximate surface area is 192 Å². The summed E-state index contributed by atoms with van der Waals surface area (Å²) in [7, 11) is -3.43. The summed E-state index contributed by atoms with van der Waals surface area (Å²) in [6.07, 6.45) is 1.96. The zero-order chi connectivity index (χ0) is 23.6. The highest BCUT2D eigenvalue weighted by Gasteiger charge is 2.15. The van der Waals surface area contributed by atoms with Crippen LogP contribution in [-0.2, 0) is 22.8 Å². The maximum Gasteiger partial charge on any atom is 0.251 e. The van der Waals surface area contributed by atoms with Gasteiger partial charge in [0.05, 0.1) is 34.0 Å². The maximum absolute atomic E-state index is 12.6. The molecule has 4 rings (SSSR count). The molecule has 9 heteroatoms. The van der Waals surface area contributed by atoms with E-state index in [0.29, 0.717) is 22.3 Å². The second-order valence-corrected chi connectivity index (χ2v) is 9.72. The third-order valence-corrected chi connectivity index (χ3v) is 6.44. The molecule has 0 aliphatic rings. The molecule has 0 saturated heterocycles. The normalized spacial score (nSPS) is 11.5. The number of rotatable bonds is 6. The predicted molar refractivity (Wildman–Crippen MR) is 125 cm³/mol. The van der Waals surface area contributed by atoms with Crippen molar-refractivity contribution >= 4 is 26.8 Å². The molecule has 0 spiro atoms. The number of carbonyl (C=O) groups excluding carboxylic acids is 1. The first-order valence-electron chi connectivity index (χ1n) is 10.4. The molecule has 0 bridgehead atoms. The van der Waals surface area contributed by atoms with E-state index in [1.807, 2.05) is 30.3 Å². The quantitative estimate of drug-likeness (QED) is 0.468. The number of hydrogen-bond acceptors (Lipinski definition) is 7. The Hall–Kier alpha value is -3.72. The van der Waals surface area contributed by atoms with Crippen LogP contribution in [0.25, 0.3) is 22.4 Å². The van der Waals surface area contributed by atoms with Crippen LogP contribution in [0.1, 0.15) is 34.2 Å². The Morgan fingerprint density at radius 2 is 1.70 bits per heavy atom. The summed E-state index contributed by atoms with van der Waals surface area (Å²) in [5.74, 6) is -0.399. The first-order chi connectivity index (χ1) is 15.7. The third kappa shape index (κ3) is 5.04. The van der Waals surface area contributed by atoms with E-state index < -0.39 is 15.7 Å². The van der Waals surface area contributed by atoms with Gasteiger partial charge in [-0.3, -0.25) is 9.78 Å². The van der Waals surface area contributed by atoms with Crippen molar-refractivity contribution in [1.82, 2.24) is 25.5 Å². The Bertz CT molecular complexity index is 1470. The van der Waals surface area contributed by atoms with Crippen molar-refractivity contribution in [3.05, 3.63) is 77.1 Å². The fraction of sp³-hybridized carbons (Fsp3) is 0.208. The molecule has 3 heterocycles. The lowest BCUT2D eigenvalue weighted by atomic mass is 10.1. The van der Waals surface area contributed by atoms with Crippen LogP contribution in [0.15, 0.2) is 59.5 Å². The van der Waals surface area contributed by atoms with Gasteiger partial charge in [0.15, 0.2) is 9.84 Å². The van der Waals surface area contributed by atoms with Crippen LogP contribution in [0.3, 0.4) is 0 Å². The molecular formula is C24H23N5O3S. The lowest BCUT2D eigenvalue weighted by Crippen LogP contribution is -2.24. The number of pyridine rings is 2. The molecule has 1 aromatic carbocycles. The summed E-state index contributed by atoms with van der Waals surface area (Å²) < 4.78 is 23.9. The van der Waals surface area contributed by atoms with Gasteiger partial charge in [0.1, 0.15) is 5.52 Å². The van der Waals surface area contributed by atoms with E-state index in [9.17, 15) is 13.2 Å². The lowest BCUT2D eigenvalue weighted by Gasteiger charge is -2.09. The smallest absolute Gasteiger partial charge is 0.251 e. The summed E-state index contributed by atoms with van der Waals surface area (Å²) in [4.78, 5) is 22.0. The molecule has 168 valence electrons. The van der Waals surface area contributed by atoms with Crippen LogP contribution in [0.4, 0.5) is 0 Å². The maximum atomic E-state index is 12.6. The van der Waals surface area contributed by atoms with E-state index in [4.69, 9.17) is 0 Å². The number of carbonyl (C=O) groups is 1. The first-order valence-corrected chi connectivity index (χ1v) is 12.3. The fourth-order valence-corrected chi connectivity index (χ4v) is 4.42. The van der Waals surface area contributed by atoms with Gasteiger partial charge in [0.2, 0.25) is 0 Å². The fourth-order valence-electron chi connectivity index (χ4n) is 3.43. The van der Waals surface area contributed by atoms with Crippen molar-refractivity contribution in [3.8, 4) is 11.4 Å². The Kier molecular flexibility index (Phi) is 6.15. The molecule has 8 nitrogen and oxygen atoms in total. The SMILES string of the molecule is CCc1cccc(-c2ccc3nnc(CNC(=O)c4ccc(C)c(S(C)(=O)=O)c4)cc3n2)n1. The van der Waals surface area contributed by atoms with Crippen molar-refractivity contribution in [3.63, 3.8) is 0 Å². The molecule has 0 atom stereocenters. The van der Waals surface area contributed by atoms with Crippen molar-refractivity contribution in [1.29, 1.82) is 0 Å². The van der Waals surface area contributed by atoms with Gasteiger partial charge in [-0.1, -0.05) is 19.1 Å². The second kappa shape index (κ2) is 9.03. The number of benzene rings is 1. The second-order valence-electron chi connectivity index (χ2n) is 7.74. The number of nitrogens with one attached hydrogen (secondary N) is 1. The minimum atomic E-state index is -3.43. The van der Waals surface area contributed by atoms with Gasteiger partial charge in [-0.05, 0) is 61.4 Å². The number of aryl methyl sites for hydroxylation is 2. The molecule has 1 amide bonds. The van der Waals surface area contributed by atoms with Crippen LogP contribution in [0.2, 0.25) is 0 Å². The highest BCUT2D eigenvalue weighted by atomic mass is 32.2. The standard InChI is InChI=1S/C24H23N5O3S/c1-4-17-6-5-7-19(26-17)20-10-11-21-22(27-20)13-18(28-29-21)14-25-24(30)16-9-8-15(2)23(12-16)33(3,31)32/h5-13H,4,14H2,1-3H3,(H,25,30). The lowest BCUT2D eigenvalue weighted by molar-refractivity contribution is 0.0950. The number of hydrogen-bond donors (Lipinski definition) is 1. The molecule has 0 fully saturated rings. The highest BCUT2D eigenvalue weighted by molar-refractivity contribution is 7.90. The Morgan fingerprint density at radius 1 is 0.909 bits per heavy atom. The highest BCUT2D eigenvalue weighted by Crippen LogP contribution is 2.20. The molecule has 4 aromatic rings. The third-order valence-electron chi connectivity index (χ3n) is 5.20. The van der Waals surface area contributed by atoms with Crippen molar-refractivity contribution < 1.29 is 13.2 Å². The molecule has 33 heavy (non-hydrogen) atoms. The minimum Gasteiger partial charge on any atom is -0.346 e. The molecule has 0 radical (unpaired) electrons. The minimum absolute atomic E-state index is 0.124. The van der Waals surface area contributed by atoms with Gasteiger partial charge >= 0.3 is 0 Å². The van der Waals surface area contributed by atoms with E-state index in [1.54, 1.807) is 25.1 Å². The van der Waals surface area contributed by atoms with Gasteiger partial charge in [-0.15, -0.1) is 5.10 Å². The van der Waals surface area contributed by atoms with Gasteiger partial charge < -0.3 is 5.32 Å². The number of nitrogens with zero attached hydrogens (tertiary/aromatic N) is 4.